The first-order chi connectivity index (χ1) is 17.5. The Morgan fingerprint density at radius 2 is 1.45 bits per heavy atom. The van der Waals surface area contributed by atoms with Gasteiger partial charge in [-0.1, -0.05) is 49.2 Å². The predicted molar refractivity (Wildman–Crippen MR) is 164 cm³/mol. The molecular formula is C30H40Br2N2O4. The van der Waals surface area contributed by atoms with Crippen molar-refractivity contribution in [2.24, 2.45) is 0 Å². The van der Waals surface area contributed by atoms with E-state index < -0.39 is 0 Å². The quantitative estimate of drug-likeness (QED) is 0.128. The number of hydrogen-bond acceptors (Lipinski definition) is 6. The SMILES string of the molecule is Br.Br.Oc1ccc(CCNCCCCCCN2CCc3cc(O)c(O)cc3C(c3ccccc3)C2)cc1O. The van der Waals surface area contributed by atoms with Gasteiger partial charge in [-0.2, -0.15) is 0 Å². The molecular weight excluding hydrogens is 612 g/mol. The van der Waals surface area contributed by atoms with Crippen molar-refractivity contribution in [1.29, 1.82) is 0 Å². The Balaban J connectivity index is 0.00000253. The summed E-state index contributed by atoms with van der Waals surface area (Å²) in [6, 6.07) is 18.9. The van der Waals surface area contributed by atoms with Gasteiger partial charge in [-0.15, -0.1) is 34.0 Å². The summed E-state index contributed by atoms with van der Waals surface area (Å²) in [5.41, 5.74) is 4.49. The molecule has 0 spiro atoms. The molecule has 0 amide bonds. The van der Waals surface area contributed by atoms with Crippen molar-refractivity contribution in [1.82, 2.24) is 10.2 Å². The van der Waals surface area contributed by atoms with Crippen molar-refractivity contribution in [3.63, 3.8) is 0 Å². The molecule has 0 saturated heterocycles. The fraction of sp³-hybridized carbons (Fsp3) is 0.400. The Bertz CT molecular complexity index is 1130. The number of nitrogens with one attached hydrogen (secondary N) is 1. The fourth-order valence-electron chi connectivity index (χ4n) is 5.10. The van der Waals surface area contributed by atoms with Crippen LogP contribution in [0.25, 0.3) is 0 Å². The second-order valence-electron chi connectivity index (χ2n) is 9.79. The maximum Gasteiger partial charge on any atom is 0.157 e. The molecule has 38 heavy (non-hydrogen) atoms. The second kappa shape index (κ2) is 16.0. The summed E-state index contributed by atoms with van der Waals surface area (Å²) in [5.74, 6) is -0.0468. The van der Waals surface area contributed by atoms with Gasteiger partial charge in [0.2, 0.25) is 0 Å². The Labute approximate surface area is 246 Å². The van der Waals surface area contributed by atoms with Crippen molar-refractivity contribution in [2.75, 3.05) is 32.7 Å². The number of rotatable bonds is 11. The number of hydrogen-bond donors (Lipinski definition) is 5. The van der Waals surface area contributed by atoms with Crippen LogP contribution in [0.2, 0.25) is 0 Å². The first-order valence-electron chi connectivity index (χ1n) is 13.0. The van der Waals surface area contributed by atoms with Gasteiger partial charge in [0.15, 0.2) is 23.0 Å². The van der Waals surface area contributed by atoms with Crippen LogP contribution in [0.5, 0.6) is 23.0 Å². The van der Waals surface area contributed by atoms with Gasteiger partial charge in [0.1, 0.15) is 0 Å². The molecule has 5 N–H and O–H groups in total. The van der Waals surface area contributed by atoms with E-state index in [0.29, 0.717) is 0 Å². The van der Waals surface area contributed by atoms with Gasteiger partial charge in [-0.05, 0) is 91.8 Å². The van der Waals surface area contributed by atoms with Crippen LogP contribution in [-0.4, -0.2) is 58.0 Å². The highest BCUT2D eigenvalue weighted by molar-refractivity contribution is 8.93. The molecule has 8 heteroatoms. The number of aromatic hydroxyl groups is 4. The topological polar surface area (TPSA) is 96.2 Å². The summed E-state index contributed by atoms with van der Waals surface area (Å²) in [6.07, 6.45) is 6.36. The van der Waals surface area contributed by atoms with Crippen LogP contribution in [-0.2, 0) is 12.8 Å². The van der Waals surface area contributed by atoms with Crippen molar-refractivity contribution < 1.29 is 20.4 Å². The molecule has 1 aliphatic rings. The lowest BCUT2D eigenvalue weighted by Gasteiger charge is -2.25. The van der Waals surface area contributed by atoms with Gasteiger partial charge in [0, 0.05) is 19.0 Å². The molecule has 0 aliphatic carbocycles. The highest BCUT2D eigenvalue weighted by Crippen LogP contribution is 2.37. The summed E-state index contributed by atoms with van der Waals surface area (Å²) < 4.78 is 0. The Hall–Kier alpha value is -2.26. The average Bonchev–Trinajstić information content (AvgIpc) is 3.05. The first kappa shape index (κ1) is 32.0. The minimum Gasteiger partial charge on any atom is -0.504 e. The maximum absolute atomic E-state index is 10.2. The van der Waals surface area contributed by atoms with E-state index in [1.807, 2.05) is 12.1 Å². The van der Waals surface area contributed by atoms with Gasteiger partial charge >= 0.3 is 0 Å². The molecule has 3 aromatic carbocycles. The van der Waals surface area contributed by atoms with Crippen molar-refractivity contribution in [3.8, 4) is 23.0 Å². The van der Waals surface area contributed by atoms with E-state index in [1.54, 1.807) is 18.2 Å². The molecule has 0 aromatic heterocycles. The molecule has 1 unspecified atom stereocenters. The molecule has 0 saturated carbocycles. The number of halogens is 2. The number of phenolic OH excluding ortho intramolecular Hbond substituents is 4. The van der Waals surface area contributed by atoms with Crippen molar-refractivity contribution in [2.45, 2.75) is 44.4 Å². The molecule has 208 valence electrons. The zero-order valence-corrected chi connectivity index (χ0v) is 25.1. The standard InChI is InChI=1S/C30H38N2O4.2BrH/c33-27-11-10-22(18-28(27)34)12-15-31-14-6-1-2-7-16-32-17-13-24-19-29(35)30(36)20-25(24)26(21-32)23-8-4-3-5-9-23;;/h3-5,8-11,18-20,26,31,33-36H,1-2,6-7,12-17,21H2;2*1H. The third-order valence-corrected chi connectivity index (χ3v) is 7.16. The minimum absolute atomic E-state index is 0. The maximum atomic E-state index is 10.2. The monoisotopic (exact) mass is 650 g/mol. The highest BCUT2D eigenvalue weighted by atomic mass is 79.9. The van der Waals surface area contributed by atoms with E-state index >= 15 is 0 Å². The third-order valence-electron chi connectivity index (χ3n) is 7.16. The second-order valence-corrected chi connectivity index (χ2v) is 9.79. The van der Waals surface area contributed by atoms with E-state index in [0.717, 1.165) is 75.1 Å². The van der Waals surface area contributed by atoms with Gasteiger partial charge in [-0.3, -0.25) is 0 Å². The lowest BCUT2D eigenvalue weighted by Crippen LogP contribution is -2.30. The van der Waals surface area contributed by atoms with Crippen molar-refractivity contribution >= 4 is 34.0 Å². The normalized spacial score (nSPS) is 15.1. The van der Waals surface area contributed by atoms with Crippen molar-refractivity contribution in [3.05, 3.63) is 82.9 Å². The molecule has 1 heterocycles. The van der Waals surface area contributed by atoms with E-state index in [1.165, 1.54) is 24.5 Å². The highest BCUT2D eigenvalue weighted by Gasteiger charge is 2.25. The lowest BCUT2D eigenvalue weighted by atomic mass is 9.87. The average molecular weight is 652 g/mol. The summed E-state index contributed by atoms with van der Waals surface area (Å²) >= 11 is 0. The summed E-state index contributed by atoms with van der Waals surface area (Å²) in [4.78, 5) is 2.52. The Morgan fingerprint density at radius 1 is 0.737 bits per heavy atom. The molecule has 6 nitrogen and oxygen atoms in total. The number of nitrogens with zero attached hydrogens (tertiary/aromatic N) is 1. The number of unbranched alkanes of at least 4 members (excludes halogenated alkanes) is 3. The molecule has 0 bridgehead atoms. The molecule has 1 atom stereocenters. The van der Waals surface area contributed by atoms with Crippen LogP contribution in [0.1, 0.15) is 53.9 Å². The smallest absolute Gasteiger partial charge is 0.157 e. The summed E-state index contributed by atoms with van der Waals surface area (Å²) in [5, 5.41) is 42.7. The molecule has 0 fully saturated rings. The van der Waals surface area contributed by atoms with E-state index in [2.05, 4.69) is 34.5 Å². The van der Waals surface area contributed by atoms with Gasteiger partial charge < -0.3 is 30.6 Å². The molecule has 1 aliphatic heterocycles. The van der Waals surface area contributed by atoms with Gasteiger partial charge in [0.05, 0.1) is 0 Å². The van der Waals surface area contributed by atoms with E-state index in [-0.39, 0.29) is 62.9 Å². The zero-order chi connectivity index (χ0) is 25.3. The lowest BCUT2D eigenvalue weighted by molar-refractivity contribution is 0.269. The van der Waals surface area contributed by atoms with Crippen LogP contribution in [0.15, 0.2) is 60.7 Å². The molecule has 4 rings (SSSR count). The Kier molecular flexibility index (Phi) is 13.4. The zero-order valence-electron chi connectivity index (χ0n) is 21.7. The number of fused-ring (bicyclic) bond motifs is 1. The summed E-state index contributed by atoms with van der Waals surface area (Å²) in [6.45, 7) is 4.74. The number of benzene rings is 3. The molecule has 0 radical (unpaired) electrons. The van der Waals surface area contributed by atoms with Crippen LogP contribution < -0.4 is 5.32 Å². The Morgan fingerprint density at radius 3 is 2.21 bits per heavy atom. The minimum atomic E-state index is -0.0781. The fourth-order valence-corrected chi connectivity index (χ4v) is 5.10. The van der Waals surface area contributed by atoms with Crippen LogP contribution in [0.3, 0.4) is 0 Å². The molecule has 3 aromatic rings. The largest absolute Gasteiger partial charge is 0.504 e. The van der Waals surface area contributed by atoms with Crippen LogP contribution in [0, 0.1) is 0 Å². The van der Waals surface area contributed by atoms with Gasteiger partial charge in [-0.25, -0.2) is 0 Å². The van der Waals surface area contributed by atoms with E-state index in [4.69, 9.17) is 0 Å². The van der Waals surface area contributed by atoms with Crippen LogP contribution >= 0.6 is 34.0 Å². The van der Waals surface area contributed by atoms with Crippen LogP contribution in [0.4, 0.5) is 0 Å². The number of phenols is 4. The van der Waals surface area contributed by atoms with Gasteiger partial charge in [0.25, 0.3) is 0 Å². The third kappa shape index (κ3) is 8.90. The summed E-state index contributed by atoms with van der Waals surface area (Å²) in [7, 11) is 0. The first-order valence-corrected chi connectivity index (χ1v) is 13.0. The predicted octanol–water partition coefficient (Wildman–Crippen LogP) is 6.05. The van der Waals surface area contributed by atoms with E-state index in [9.17, 15) is 20.4 Å².